The van der Waals surface area contributed by atoms with Crippen LogP contribution >= 0.6 is 11.6 Å². The lowest BCUT2D eigenvalue weighted by molar-refractivity contribution is -0.173. The molecule has 1 amide bonds. The third kappa shape index (κ3) is 4.36. The predicted molar refractivity (Wildman–Crippen MR) is 107 cm³/mol. The molecule has 162 valence electrons. The topological polar surface area (TPSA) is 59.0 Å². The molecule has 2 N–H and O–H groups in total. The first-order valence-electron chi connectivity index (χ1n) is 9.43. The van der Waals surface area contributed by atoms with E-state index < -0.39 is 30.0 Å². The van der Waals surface area contributed by atoms with Crippen molar-refractivity contribution in [3.05, 3.63) is 82.3 Å². The average Bonchev–Trinajstić information content (AvgIpc) is 3.09. The van der Waals surface area contributed by atoms with Crippen LogP contribution in [0, 0.1) is 5.82 Å². The molecule has 3 aromatic rings. The number of carbonyl (C=O) groups excluding carboxylic acids is 1. The van der Waals surface area contributed by atoms with Crippen molar-refractivity contribution in [1.82, 2.24) is 15.1 Å². The number of alkyl halides is 3. The van der Waals surface area contributed by atoms with Crippen molar-refractivity contribution in [2.45, 2.75) is 31.2 Å². The molecule has 0 saturated heterocycles. The zero-order valence-corrected chi connectivity index (χ0v) is 16.7. The summed E-state index contributed by atoms with van der Waals surface area (Å²) in [5.41, 5.74) is 0.974. The van der Waals surface area contributed by atoms with Crippen molar-refractivity contribution in [1.29, 1.82) is 0 Å². The molecule has 1 aromatic heterocycles. The van der Waals surface area contributed by atoms with Gasteiger partial charge in [0.1, 0.15) is 16.7 Å². The summed E-state index contributed by atoms with van der Waals surface area (Å²) < 4.78 is 55.1. The summed E-state index contributed by atoms with van der Waals surface area (Å²) in [5, 5.41) is 9.23. The summed E-state index contributed by atoms with van der Waals surface area (Å²) in [5.74, 6) is -1.21. The van der Waals surface area contributed by atoms with Crippen molar-refractivity contribution < 1.29 is 22.4 Å². The van der Waals surface area contributed by atoms with Gasteiger partial charge in [-0.3, -0.25) is 4.79 Å². The van der Waals surface area contributed by atoms with Crippen molar-refractivity contribution in [3.63, 3.8) is 0 Å². The first-order chi connectivity index (χ1) is 14.7. The zero-order chi connectivity index (χ0) is 22.2. The van der Waals surface area contributed by atoms with E-state index >= 15 is 0 Å². The Morgan fingerprint density at radius 2 is 1.84 bits per heavy atom. The molecule has 0 bridgehead atoms. The highest BCUT2D eigenvalue weighted by Gasteiger charge is 2.47. The van der Waals surface area contributed by atoms with Gasteiger partial charge in [0.2, 0.25) is 0 Å². The number of nitrogens with one attached hydrogen (secondary N) is 2. The second-order valence-corrected chi connectivity index (χ2v) is 7.54. The first-order valence-corrected chi connectivity index (χ1v) is 9.80. The van der Waals surface area contributed by atoms with E-state index in [1.807, 2.05) is 0 Å². The number of nitrogens with zero attached hydrogens (tertiary/aromatic N) is 2. The molecule has 4 rings (SSSR count). The lowest BCUT2D eigenvalue weighted by Gasteiger charge is -2.33. The van der Waals surface area contributed by atoms with E-state index in [4.69, 9.17) is 11.6 Å². The largest absolute Gasteiger partial charge is 0.410 e. The van der Waals surface area contributed by atoms with Crippen LogP contribution in [0.4, 0.5) is 23.4 Å². The summed E-state index contributed by atoms with van der Waals surface area (Å²) in [7, 11) is 0. The lowest BCUT2D eigenvalue weighted by atomic mass is 9.97. The van der Waals surface area contributed by atoms with Crippen molar-refractivity contribution in [3.8, 4) is 0 Å². The lowest BCUT2D eigenvalue weighted by Crippen LogP contribution is -2.35. The Labute approximate surface area is 180 Å². The Morgan fingerprint density at radius 3 is 2.48 bits per heavy atom. The highest BCUT2D eigenvalue weighted by Crippen LogP contribution is 2.46. The maximum Gasteiger partial charge on any atom is 0.410 e. The monoisotopic (exact) mass is 452 g/mol. The second kappa shape index (κ2) is 8.22. The molecule has 5 nitrogen and oxygen atoms in total. The van der Waals surface area contributed by atoms with Crippen LogP contribution in [-0.2, 0) is 6.54 Å². The maximum atomic E-state index is 13.8. The molecule has 2 atom stereocenters. The Hall–Kier alpha value is -3.07. The Kier molecular flexibility index (Phi) is 5.62. The van der Waals surface area contributed by atoms with Gasteiger partial charge >= 0.3 is 6.18 Å². The molecule has 0 aliphatic carbocycles. The first kappa shape index (κ1) is 21.2. The van der Waals surface area contributed by atoms with Crippen LogP contribution in [0.1, 0.15) is 40.1 Å². The molecule has 2 heterocycles. The molecule has 1 aliphatic heterocycles. The number of rotatable bonds is 4. The van der Waals surface area contributed by atoms with Gasteiger partial charge in [-0.15, -0.1) is 0 Å². The van der Waals surface area contributed by atoms with Crippen LogP contribution in [0.3, 0.4) is 0 Å². The van der Waals surface area contributed by atoms with Crippen molar-refractivity contribution in [2.24, 2.45) is 0 Å². The number of benzene rings is 2. The highest BCUT2D eigenvalue weighted by molar-refractivity contribution is 6.36. The molecule has 1 aliphatic rings. The Balaban J connectivity index is 1.62. The van der Waals surface area contributed by atoms with E-state index in [2.05, 4.69) is 15.7 Å². The molecule has 31 heavy (non-hydrogen) atoms. The molecule has 0 unspecified atom stereocenters. The fourth-order valence-corrected chi connectivity index (χ4v) is 3.77. The van der Waals surface area contributed by atoms with Gasteiger partial charge in [-0.05, 0) is 23.3 Å². The smallest absolute Gasteiger partial charge is 0.362 e. The highest BCUT2D eigenvalue weighted by atomic mass is 35.5. The molecule has 0 saturated carbocycles. The molecule has 0 radical (unpaired) electrons. The minimum Gasteiger partial charge on any atom is -0.362 e. The average molecular weight is 453 g/mol. The minimum atomic E-state index is -4.58. The van der Waals surface area contributed by atoms with Gasteiger partial charge in [-0.2, -0.15) is 18.3 Å². The Morgan fingerprint density at radius 1 is 1.16 bits per heavy atom. The number of halogens is 5. The van der Waals surface area contributed by atoms with Gasteiger partial charge in [-0.1, -0.05) is 54.1 Å². The maximum absolute atomic E-state index is 13.8. The van der Waals surface area contributed by atoms with Gasteiger partial charge in [0.15, 0.2) is 11.7 Å². The number of anilines is 1. The van der Waals surface area contributed by atoms with E-state index in [9.17, 15) is 22.4 Å². The summed E-state index contributed by atoms with van der Waals surface area (Å²) in [6.45, 7) is 0.0421. The zero-order valence-electron chi connectivity index (χ0n) is 16.0. The van der Waals surface area contributed by atoms with E-state index in [-0.39, 0.29) is 29.5 Å². The number of hydrogen-bond acceptors (Lipinski definition) is 3. The fraction of sp³-hybridized carbons (Fsp3) is 0.238. The number of hydrogen-bond donors (Lipinski definition) is 2. The summed E-state index contributed by atoms with van der Waals surface area (Å²) in [6, 6.07) is 11.6. The van der Waals surface area contributed by atoms with E-state index in [1.54, 1.807) is 30.3 Å². The van der Waals surface area contributed by atoms with E-state index in [0.29, 0.717) is 11.1 Å². The summed E-state index contributed by atoms with van der Waals surface area (Å²) in [4.78, 5) is 12.6. The quantitative estimate of drug-likeness (QED) is 0.530. The van der Waals surface area contributed by atoms with Crippen molar-refractivity contribution in [2.75, 3.05) is 5.32 Å². The second-order valence-electron chi connectivity index (χ2n) is 7.17. The Bertz CT molecular complexity index is 1080. The van der Waals surface area contributed by atoms with Gasteiger partial charge in [0, 0.05) is 13.0 Å². The summed E-state index contributed by atoms with van der Waals surface area (Å²) >= 11 is 6.28. The van der Waals surface area contributed by atoms with Crippen LogP contribution in [0.15, 0.2) is 54.6 Å². The predicted octanol–water partition coefficient (Wildman–Crippen LogP) is 5.27. The molecule has 2 aromatic carbocycles. The van der Waals surface area contributed by atoms with Crippen LogP contribution in [0.25, 0.3) is 0 Å². The van der Waals surface area contributed by atoms with Crippen LogP contribution in [-0.4, -0.2) is 21.9 Å². The summed E-state index contributed by atoms with van der Waals surface area (Å²) in [6.07, 6.45) is -4.88. The van der Waals surface area contributed by atoms with Gasteiger partial charge < -0.3 is 10.6 Å². The van der Waals surface area contributed by atoms with Gasteiger partial charge in [0.25, 0.3) is 5.91 Å². The SMILES string of the molecule is O=C(NCc1ccc(F)cc1)c1nn2c(c1Cl)N[C@@H](c1ccccc1)C[C@H]2C(F)(F)F. The molecule has 10 heteroatoms. The number of fused-ring (bicyclic) bond motifs is 1. The molecule has 0 spiro atoms. The van der Waals surface area contributed by atoms with Gasteiger partial charge in [-0.25, -0.2) is 9.07 Å². The van der Waals surface area contributed by atoms with Crippen LogP contribution in [0.5, 0.6) is 0 Å². The van der Waals surface area contributed by atoms with E-state index in [1.165, 1.54) is 24.3 Å². The number of carbonyl (C=O) groups is 1. The minimum absolute atomic E-state index is 0.0421. The van der Waals surface area contributed by atoms with Gasteiger partial charge in [0.05, 0.1) is 6.04 Å². The number of amides is 1. The van der Waals surface area contributed by atoms with E-state index in [0.717, 1.165) is 4.68 Å². The standard InChI is InChI=1S/C21H17ClF4N4O/c22-17-18(20(31)27-11-12-6-8-14(23)9-7-12)29-30-16(21(24,25)26)10-15(28-19(17)30)13-4-2-1-3-5-13/h1-9,15-16,28H,10-11H2,(H,27,31)/t15-,16+/m1/s1. The fourth-order valence-electron chi connectivity index (χ4n) is 3.51. The molecular weight excluding hydrogens is 436 g/mol. The van der Waals surface area contributed by atoms with Crippen LogP contribution in [0.2, 0.25) is 5.02 Å². The molecular formula is C21H17ClF4N4O. The number of aromatic nitrogens is 2. The van der Waals surface area contributed by atoms with Crippen LogP contribution < -0.4 is 10.6 Å². The third-order valence-electron chi connectivity index (χ3n) is 5.08. The van der Waals surface area contributed by atoms with Crippen molar-refractivity contribution >= 4 is 23.3 Å². The molecule has 0 fully saturated rings. The third-order valence-corrected chi connectivity index (χ3v) is 5.44. The normalized spacial score (nSPS) is 18.2.